The van der Waals surface area contributed by atoms with Crippen LogP contribution < -0.4 is 4.74 Å². The van der Waals surface area contributed by atoms with Crippen molar-refractivity contribution in [1.29, 1.82) is 0 Å². The molecule has 19 heavy (non-hydrogen) atoms. The minimum absolute atomic E-state index is 0.0712. The normalized spacial score (nSPS) is 10.3. The summed E-state index contributed by atoms with van der Waals surface area (Å²) in [5.74, 6) is 1.26. The van der Waals surface area contributed by atoms with E-state index in [4.69, 9.17) is 4.74 Å². The third-order valence-corrected chi connectivity index (χ3v) is 3.76. The van der Waals surface area contributed by atoms with Gasteiger partial charge in [-0.05, 0) is 69.7 Å². The fourth-order valence-corrected chi connectivity index (χ4v) is 2.50. The first-order valence-electron chi connectivity index (χ1n) is 5.35. The monoisotopic (exact) mass is 433 g/mol. The zero-order chi connectivity index (χ0) is 14.0. The Hall–Kier alpha value is -1.15. The molecule has 2 aromatic rings. The van der Waals surface area contributed by atoms with Crippen LogP contribution in [-0.2, 0) is 0 Å². The van der Waals surface area contributed by atoms with E-state index in [1.165, 1.54) is 6.07 Å². The summed E-state index contributed by atoms with van der Waals surface area (Å²) in [5.41, 5.74) is 0.635. The van der Waals surface area contributed by atoms with Gasteiger partial charge in [-0.3, -0.25) is 10.1 Å². The Balaban J connectivity index is 2.36. The molecule has 0 atom stereocenters. The van der Waals surface area contributed by atoms with Crippen molar-refractivity contribution < 1.29 is 9.66 Å². The highest BCUT2D eigenvalue weighted by Gasteiger charge is 2.15. The van der Waals surface area contributed by atoms with Crippen LogP contribution >= 0.6 is 38.5 Å². The predicted molar refractivity (Wildman–Crippen MR) is 84.8 cm³/mol. The SMILES string of the molecule is Cc1cc(Oc2cccc(I)c2)c(Br)cc1[N+](=O)[O-]. The predicted octanol–water partition coefficient (Wildman–Crippen LogP) is 5.06. The van der Waals surface area contributed by atoms with Gasteiger partial charge in [-0.2, -0.15) is 0 Å². The van der Waals surface area contributed by atoms with E-state index < -0.39 is 4.92 Å². The van der Waals surface area contributed by atoms with Crippen LogP contribution in [0.25, 0.3) is 0 Å². The molecule has 0 aliphatic rings. The van der Waals surface area contributed by atoms with Gasteiger partial charge >= 0.3 is 0 Å². The highest BCUT2D eigenvalue weighted by atomic mass is 127. The maximum Gasteiger partial charge on any atom is 0.273 e. The summed E-state index contributed by atoms with van der Waals surface area (Å²) in [6, 6.07) is 10.7. The molecule has 6 heteroatoms. The van der Waals surface area contributed by atoms with Gasteiger partial charge in [0.15, 0.2) is 0 Å². The van der Waals surface area contributed by atoms with Crippen molar-refractivity contribution in [3.63, 3.8) is 0 Å². The summed E-state index contributed by atoms with van der Waals surface area (Å²) in [6.45, 7) is 1.69. The van der Waals surface area contributed by atoms with Gasteiger partial charge in [0.05, 0.1) is 9.40 Å². The van der Waals surface area contributed by atoms with Gasteiger partial charge in [0, 0.05) is 15.2 Å². The second kappa shape index (κ2) is 5.87. The molecule has 0 saturated carbocycles. The second-order valence-electron chi connectivity index (χ2n) is 3.89. The number of hydrogen-bond acceptors (Lipinski definition) is 3. The highest BCUT2D eigenvalue weighted by Crippen LogP contribution is 2.35. The summed E-state index contributed by atoms with van der Waals surface area (Å²) in [4.78, 5) is 10.4. The van der Waals surface area contributed by atoms with E-state index in [1.807, 2.05) is 24.3 Å². The van der Waals surface area contributed by atoms with Crippen LogP contribution in [-0.4, -0.2) is 4.92 Å². The molecular formula is C13H9BrINO3. The molecule has 4 nitrogen and oxygen atoms in total. The van der Waals surface area contributed by atoms with Crippen LogP contribution in [0, 0.1) is 20.6 Å². The number of nitro benzene ring substituents is 1. The first-order chi connectivity index (χ1) is 8.97. The third-order valence-electron chi connectivity index (χ3n) is 2.47. The summed E-state index contributed by atoms with van der Waals surface area (Å²) in [5, 5.41) is 10.8. The van der Waals surface area contributed by atoms with Crippen LogP contribution in [0.4, 0.5) is 5.69 Å². The van der Waals surface area contributed by atoms with Gasteiger partial charge in [0.1, 0.15) is 11.5 Å². The van der Waals surface area contributed by atoms with Crippen molar-refractivity contribution in [3.05, 3.63) is 60.1 Å². The molecule has 98 valence electrons. The molecule has 0 amide bonds. The number of nitro groups is 1. The topological polar surface area (TPSA) is 52.4 Å². The number of aryl methyl sites for hydroxylation is 1. The lowest BCUT2D eigenvalue weighted by molar-refractivity contribution is -0.385. The highest BCUT2D eigenvalue weighted by molar-refractivity contribution is 14.1. The number of rotatable bonds is 3. The fraction of sp³-hybridized carbons (Fsp3) is 0.0769. The molecule has 0 aliphatic carbocycles. The average Bonchev–Trinajstić information content (AvgIpc) is 2.33. The Labute approximate surface area is 132 Å². The van der Waals surface area contributed by atoms with E-state index in [0.717, 1.165) is 3.57 Å². The number of ether oxygens (including phenoxy) is 1. The summed E-state index contributed by atoms with van der Waals surface area (Å²) in [6.07, 6.45) is 0. The van der Waals surface area contributed by atoms with Gasteiger partial charge in [0.2, 0.25) is 0 Å². The Morgan fingerprint density at radius 3 is 2.68 bits per heavy atom. The van der Waals surface area contributed by atoms with Crippen molar-refractivity contribution in [1.82, 2.24) is 0 Å². The molecule has 2 rings (SSSR count). The van der Waals surface area contributed by atoms with Gasteiger partial charge in [-0.25, -0.2) is 0 Å². The standard InChI is InChI=1S/C13H9BrINO3/c1-8-5-13(11(14)7-12(8)16(17)18)19-10-4-2-3-9(15)6-10/h2-7H,1H3. The van der Waals surface area contributed by atoms with Crippen LogP contribution in [0.15, 0.2) is 40.9 Å². The molecule has 0 saturated heterocycles. The maximum atomic E-state index is 10.8. The quantitative estimate of drug-likeness (QED) is 0.386. The molecule has 0 bridgehead atoms. The smallest absolute Gasteiger partial charge is 0.273 e. The summed E-state index contributed by atoms with van der Waals surface area (Å²) >= 11 is 5.49. The van der Waals surface area contributed by atoms with E-state index in [1.54, 1.807) is 13.0 Å². The Kier molecular flexibility index (Phi) is 4.41. The summed E-state index contributed by atoms with van der Waals surface area (Å²) < 4.78 is 7.35. The first-order valence-corrected chi connectivity index (χ1v) is 7.22. The van der Waals surface area contributed by atoms with Crippen molar-refractivity contribution in [2.24, 2.45) is 0 Å². The van der Waals surface area contributed by atoms with Crippen LogP contribution in [0.5, 0.6) is 11.5 Å². The van der Waals surface area contributed by atoms with E-state index >= 15 is 0 Å². The first kappa shape index (κ1) is 14.3. The third kappa shape index (κ3) is 3.44. The van der Waals surface area contributed by atoms with Crippen LogP contribution in [0.2, 0.25) is 0 Å². The minimum atomic E-state index is -0.407. The molecule has 0 aromatic heterocycles. The molecule has 0 spiro atoms. The van der Waals surface area contributed by atoms with Gasteiger partial charge in [-0.15, -0.1) is 0 Å². The Morgan fingerprint density at radius 2 is 2.05 bits per heavy atom. The average molecular weight is 434 g/mol. The Bertz CT molecular complexity index is 646. The molecule has 0 heterocycles. The lowest BCUT2D eigenvalue weighted by Crippen LogP contribution is -1.94. The van der Waals surface area contributed by atoms with Gasteiger partial charge in [-0.1, -0.05) is 6.07 Å². The van der Waals surface area contributed by atoms with Crippen molar-refractivity contribution in [2.75, 3.05) is 0 Å². The number of nitrogens with zero attached hydrogens (tertiary/aromatic N) is 1. The largest absolute Gasteiger partial charge is 0.456 e. The fourth-order valence-electron chi connectivity index (χ4n) is 1.58. The number of benzene rings is 2. The van der Waals surface area contributed by atoms with Crippen LogP contribution in [0.3, 0.4) is 0 Å². The number of halogens is 2. The minimum Gasteiger partial charge on any atom is -0.456 e. The summed E-state index contributed by atoms with van der Waals surface area (Å²) in [7, 11) is 0. The van der Waals surface area contributed by atoms with Crippen molar-refractivity contribution >= 4 is 44.2 Å². The zero-order valence-electron chi connectivity index (χ0n) is 9.89. The van der Waals surface area contributed by atoms with E-state index in [9.17, 15) is 10.1 Å². The second-order valence-corrected chi connectivity index (χ2v) is 5.99. The van der Waals surface area contributed by atoms with E-state index in [2.05, 4.69) is 38.5 Å². The zero-order valence-corrected chi connectivity index (χ0v) is 13.6. The molecule has 0 fully saturated rings. The van der Waals surface area contributed by atoms with E-state index in [-0.39, 0.29) is 5.69 Å². The number of hydrogen-bond donors (Lipinski definition) is 0. The molecule has 0 unspecified atom stereocenters. The van der Waals surface area contributed by atoms with E-state index in [0.29, 0.717) is 21.5 Å². The van der Waals surface area contributed by atoms with Crippen LogP contribution in [0.1, 0.15) is 5.56 Å². The molecular weight excluding hydrogens is 425 g/mol. The molecule has 0 N–H and O–H groups in total. The van der Waals surface area contributed by atoms with Crippen molar-refractivity contribution in [3.8, 4) is 11.5 Å². The van der Waals surface area contributed by atoms with Crippen molar-refractivity contribution in [2.45, 2.75) is 6.92 Å². The molecule has 0 aliphatic heterocycles. The lowest BCUT2D eigenvalue weighted by Gasteiger charge is -2.09. The lowest BCUT2D eigenvalue weighted by atomic mass is 10.2. The Morgan fingerprint density at radius 1 is 1.32 bits per heavy atom. The van der Waals surface area contributed by atoms with Gasteiger partial charge < -0.3 is 4.74 Å². The molecule has 2 aromatic carbocycles. The van der Waals surface area contributed by atoms with Gasteiger partial charge in [0.25, 0.3) is 5.69 Å². The molecule has 0 radical (unpaired) electrons. The maximum absolute atomic E-state index is 10.8.